The van der Waals surface area contributed by atoms with Gasteiger partial charge in [0.1, 0.15) is 5.75 Å². The Morgan fingerprint density at radius 1 is 1.19 bits per heavy atom. The summed E-state index contributed by atoms with van der Waals surface area (Å²) in [6.45, 7) is 6.01. The predicted molar refractivity (Wildman–Crippen MR) is 87.6 cm³/mol. The monoisotopic (exact) mass is 290 g/mol. The van der Waals surface area contributed by atoms with Crippen molar-refractivity contribution in [3.63, 3.8) is 0 Å². The van der Waals surface area contributed by atoms with Crippen LogP contribution in [0.3, 0.4) is 0 Å². The molecule has 118 valence electrons. The Morgan fingerprint density at radius 2 is 1.95 bits per heavy atom. The summed E-state index contributed by atoms with van der Waals surface area (Å²) in [6.07, 6.45) is 13.2. The molecule has 3 heteroatoms. The summed E-state index contributed by atoms with van der Waals surface area (Å²) in [5, 5.41) is 3.76. The van der Waals surface area contributed by atoms with Gasteiger partial charge in [0.25, 0.3) is 0 Å². The van der Waals surface area contributed by atoms with Gasteiger partial charge in [0.2, 0.25) is 0 Å². The zero-order chi connectivity index (χ0) is 14.9. The molecule has 1 aliphatic carbocycles. The number of nitrogens with one attached hydrogen (secondary N) is 1. The van der Waals surface area contributed by atoms with Crippen LogP contribution in [0.4, 0.5) is 0 Å². The van der Waals surface area contributed by atoms with E-state index in [1.54, 1.807) is 0 Å². The maximum atomic E-state index is 5.62. The molecule has 0 aliphatic heterocycles. The third kappa shape index (κ3) is 4.99. The molecule has 1 N–H and O–H groups in total. The van der Waals surface area contributed by atoms with Gasteiger partial charge >= 0.3 is 0 Å². The lowest BCUT2D eigenvalue weighted by molar-refractivity contribution is 0.318. The Morgan fingerprint density at radius 3 is 2.62 bits per heavy atom. The van der Waals surface area contributed by atoms with Crippen molar-refractivity contribution in [2.24, 2.45) is 5.92 Å². The second-order valence-corrected chi connectivity index (χ2v) is 6.07. The van der Waals surface area contributed by atoms with Gasteiger partial charge in [-0.2, -0.15) is 0 Å². The highest BCUT2D eigenvalue weighted by atomic mass is 16.5. The van der Waals surface area contributed by atoms with E-state index in [1.807, 2.05) is 19.3 Å². The van der Waals surface area contributed by atoms with E-state index < -0.39 is 0 Å². The zero-order valence-electron chi connectivity index (χ0n) is 13.6. The topological polar surface area (TPSA) is 34.2 Å². The minimum absolute atomic E-state index is 0.427. The maximum Gasteiger partial charge on any atom is 0.137 e. The van der Waals surface area contributed by atoms with E-state index in [0.717, 1.165) is 18.2 Å². The first-order valence-corrected chi connectivity index (χ1v) is 8.66. The van der Waals surface area contributed by atoms with Crippen LogP contribution in [0, 0.1) is 5.92 Å². The smallest absolute Gasteiger partial charge is 0.137 e. The molecule has 1 aromatic heterocycles. The number of rotatable bonds is 7. The summed E-state index contributed by atoms with van der Waals surface area (Å²) in [5.41, 5.74) is 1.29. The molecular formula is C18H30N2O. The van der Waals surface area contributed by atoms with Crippen molar-refractivity contribution < 1.29 is 4.74 Å². The standard InChI is InChI=1S/C18H30N2O/c1-3-11-20-18(15-9-7-5-6-8-10-15)16-12-17(21-4-2)14-19-13-16/h12-15,18,20H,3-11H2,1-2H3. The molecule has 1 aliphatic rings. The third-order valence-corrected chi connectivity index (χ3v) is 4.39. The van der Waals surface area contributed by atoms with Gasteiger partial charge in [-0.1, -0.05) is 32.6 Å². The summed E-state index contributed by atoms with van der Waals surface area (Å²) < 4.78 is 5.62. The molecule has 0 spiro atoms. The summed E-state index contributed by atoms with van der Waals surface area (Å²) in [4.78, 5) is 4.39. The Bertz CT molecular complexity index is 400. The summed E-state index contributed by atoms with van der Waals surface area (Å²) in [7, 11) is 0. The summed E-state index contributed by atoms with van der Waals surface area (Å²) >= 11 is 0. The van der Waals surface area contributed by atoms with Crippen LogP contribution >= 0.6 is 0 Å². The van der Waals surface area contributed by atoms with E-state index in [1.165, 1.54) is 50.5 Å². The van der Waals surface area contributed by atoms with Crippen LogP contribution in [0.15, 0.2) is 18.5 Å². The average Bonchev–Trinajstić information content (AvgIpc) is 2.78. The second kappa shape index (κ2) is 9.04. The minimum Gasteiger partial charge on any atom is -0.492 e. The van der Waals surface area contributed by atoms with Gasteiger partial charge in [-0.25, -0.2) is 0 Å². The fraction of sp³-hybridized carbons (Fsp3) is 0.722. The molecule has 2 rings (SSSR count). The van der Waals surface area contributed by atoms with Crippen LogP contribution in [0.25, 0.3) is 0 Å². The maximum absolute atomic E-state index is 5.62. The Labute approximate surface area is 129 Å². The van der Waals surface area contributed by atoms with Crippen LogP contribution in [-0.2, 0) is 0 Å². The van der Waals surface area contributed by atoms with Crippen molar-refractivity contribution in [2.45, 2.75) is 64.8 Å². The zero-order valence-corrected chi connectivity index (χ0v) is 13.6. The molecule has 0 amide bonds. The van der Waals surface area contributed by atoms with E-state index in [-0.39, 0.29) is 0 Å². The Balaban J connectivity index is 2.15. The minimum atomic E-state index is 0.427. The molecule has 21 heavy (non-hydrogen) atoms. The largest absolute Gasteiger partial charge is 0.492 e. The van der Waals surface area contributed by atoms with Crippen LogP contribution in [0.5, 0.6) is 5.75 Å². The van der Waals surface area contributed by atoms with Gasteiger partial charge in [-0.3, -0.25) is 4.98 Å². The van der Waals surface area contributed by atoms with Crippen LogP contribution in [-0.4, -0.2) is 18.1 Å². The van der Waals surface area contributed by atoms with E-state index in [0.29, 0.717) is 12.6 Å². The van der Waals surface area contributed by atoms with Crippen LogP contribution < -0.4 is 10.1 Å². The second-order valence-electron chi connectivity index (χ2n) is 6.07. The average molecular weight is 290 g/mol. The molecule has 0 aromatic carbocycles. The molecule has 1 aromatic rings. The van der Waals surface area contributed by atoms with Gasteiger partial charge in [0, 0.05) is 12.2 Å². The normalized spacial score (nSPS) is 18.2. The number of hydrogen-bond acceptors (Lipinski definition) is 3. The number of ether oxygens (including phenoxy) is 1. The quantitative estimate of drug-likeness (QED) is 0.751. The van der Waals surface area contributed by atoms with Crippen molar-refractivity contribution in [1.29, 1.82) is 0 Å². The Kier molecular flexibility index (Phi) is 7.01. The first kappa shape index (κ1) is 16.3. The first-order valence-electron chi connectivity index (χ1n) is 8.66. The lowest BCUT2D eigenvalue weighted by Crippen LogP contribution is -2.29. The Hall–Kier alpha value is -1.09. The lowest BCUT2D eigenvalue weighted by atomic mass is 9.87. The lowest BCUT2D eigenvalue weighted by Gasteiger charge is -2.28. The van der Waals surface area contributed by atoms with Crippen LogP contribution in [0.2, 0.25) is 0 Å². The molecule has 1 unspecified atom stereocenters. The molecule has 1 fully saturated rings. The van der Waals surface area contributed by atoms with Crippen molar-refractivity contribution in [1.82, 2.24) is 10.3 Å². The molecule has 0 bridgehead atoms. The van der Waals surface area contributed by atoms with E-state index >= 15 is 0 Å². The van der Waals surface area contributed by atoms with Crippen molar-refractivity contribution in [3.8, 4) is 5.75 Å². The van der Waals surface area contributed by atoms with E-state index in [2.05, 4.69) is 23.3 Å². The van der Waals surface area contributed by atoms with Gasteiger partial charge in [-0.15, -0.1) is 0 Å². The van der Waals surface area contributed by atoms with Crippen LogP contribution in [0.1, 0.15) is 70.4 Å². The van der Waals surface area contributed by atoms with E-state index in [9.17, 15) is 0 Å². The highest BCUT2D eigenvalue weighted by molar-refractivity contribution is 5.26. The molecule has 1 saturated carbocycles. The molecule has 0 radical (unpaired) electrons. The fourth-order valence-corrected chi connectivity index (χ4v) is 3.35. The SMILES string of the molecule is CCCNC(c1cncc(OCC)c1)C1CCCCCC1. The highest BCUT2D eigenvalue weighted by Gasteiger charge is 2.24. The van der Waals surface area contributed by atoms with Crippen molar-refractivity contribution in [2.75, 3.05) is 13.2 Å². The predicted octanol–water partition coefficient (Wildman–Crippen LogP) is 4.49. The number of hydrogen-bond donors (Lipinski definition) is 1. The highest BCUT2D eigenvalue weighted by Crippen LogP contribution is 2.34. The van der Waals surface area contributed by atoms with Gasteiger partial charge in [0.05, 0.1) is 12.8 Å². The van der Waals surface area contributed by atoms with Gasteiger partial charge in [-0.05, 0) is 50.3 Å². The number of pyridine rings is 1. The third-order valence-electron chi connectivity index (χ3n) is 4.39. The molecule has 1 heterocycles. The summed E-state index contributed by atoms with van der Waals surface area (Å²) in [6, 6.07) is 2.60. The number of aromatic nitrogens is 1. The number of nitrogens with zero attached hydrogens (tertiary/aromatic N) is 1. The first-order chi connectivity index (χ1) is 10.3. The summed E-state index contributed by atoms with van der Waals surface area (Å²) in [5.74, 6) is 1.63. The van der Waals surface area contributed by atoms with Crippen molar-refractivity contribution in [3.05, 3.63) is 24.0 Å². The van der Waals surface area contributed by atoms with Gasteiger partial charge in [0.15, 0.2) is 0 Å². The molecular weight excluding hydrogens is 260 g/mol. The van der Waals surface area contributed by atoms with Crippen molar-refractivity contribution >= 4 is 0 Å². The van der Waals surface area contributed by atoms with E-state index in [4.69, 9.17) is 4.74 Å². The van der Waals surface area contributed by atoms with Gasteiger partial charge < -0.3 is 10.1 Å². The molecule has 3 nitrogen and oxygen atoms in total. The fourth-order valence-electron chi connectivity index (χ4n) is 3.35. The molecule has 0 saturated heterocycles. The molecule has 1 atom stereocenters.